The van der Waals surface area contributed by atoms with Gasteiger partial charge in [-0.15, -0.1) is 10.2 Å². The number of fused-ring (bicyclic) bond motifs is 1. The van der Waals surface area contributed by atoms with Crippen molar-refractivity contribution in [3.05, 3.63) is 82.7 Å². The fourth-order valence-corrected chi connectivity index (χ4v) is 5.20. The van der Waals surface area contributed by atoms with Crippen molar-refractivity contribution in [2.45, 2.75) is 42.9 Å². The Balaban J connectivity index is 1.43. The van der Waals surface area contributed by atoms with E-state index < -0.39 is 10.0 Å². The van der Waals surface area contributed by atoms with Crippen LogP contribution in [0.2, 0.25) is 0 Å². The zero-order chi connectivity index (χ0) is 22.7. The number of aromatic nitrogens is 4. The fourth-order valence-electron chi connectivity index (χ4n) is 3.25. The molecule has 0 bridgehead atoms. The lowest BCUT2D eigenvalue weighted by atomic mass is 10.1. The van der Waals surface area contributed by atoms with Crippen molar-refractivity contribution in [1.29, 1.82) is 0 Å². The van der Waals surface area contributed by atoms with E-state index in [1.165, 1.54) is 16.7 Å². The second-order valence-corrected chi connectivity index (χ2v) is 10.5. The van der Waals surface area contributed by atoms with Gasteiger partial charge in [0.2, 0.25) is 10.0 Å². The van der Waals surface area contributed by atoms with Gasteiger partial charge < -0.3 is 0 Å². The third kappa shape index (κ3) is 5.17. The second-order valence-electron chi connectivity index (χ2n) is 7.74. The van der Waals surface area contributed by atoms with E-state index in [0.717, 1.165) is 16.3 Å². The first-order valence-corrected chi connectivity index (χ1v) is 12.8. The average molecular weight is 468 g/mol. The largest absolute Gasteiger partial charge is 0.240 e. The van der Waals surface area contributed by atoms with E-state index in [0.29, 0.717) is 17.9 Å². The molecule has 0 unspecified atom stereocenters. The Labute approximate surface area is 192 Å². The summed E-state index contributed by atoms with van der Waals surface area (Å²) in [6.07, 6.45) is 0.379. The Bertz CT molecular complexity index is 1350. The summed E-state index contributed by atoms with van der Waals surface area (Å²) < 4.78 is 29.3. The van der Waals surface area contributed by atoms with Crippen molar-refractivity contribution in [2.24, 2.45) is 0 Å². The van der Waals surface area contributed by atoms with Crippen LogP contribution in [0.4, 0.5) is 0 Å². The van der Waals surface area contributed by atoms with Gasteiger partial charge in [-0.1, -0.05) is 53.2 Å². The number of nitrogens with one attached hydrogen (secondary N) is 1. The molecule has 7 nitrogen and oxygen atoms in total. The van der Waals surface area contributed by atoms with Crippen LogP contribution in [-0.4, -0.2) is 34.8 Å². The van der Waals surface area contributed by atoms with Crippen LogP contribution in [0.15, 0.2) is 64.5 Å². The van der Waals surface area contributed by atoms with Crippen molar-refractivity contribution in [1.82, 2.24) is 24.5 Å². The van der Waals surface area contributed by atoms with E-state index in [9.17, 15) is 8.42 Å². The Hall–Kier alpha value is -2.75. The molecule has 0 aliphatic heterocycles. The fraction of sp³-hybridized carbons (Fsp3) is 0.261. The number of aryl methyl sites for hydroxylation is 3. The maximum absolute atomic E-state index is 12.5. The molecule has 1 N–H and O–H groups in total. The predicted octanol–water partition coefficient (Wildman–Crippen LogP) is 3.86. The predicted molar refractivity (Wildman–Crippen MR) is 126 cm³/mol. The first-order chi connectivity index (χ1) is 15.3. The lowest BCUT2D eigenvalue weighted by Crippen LogP contribution is -2.26. The van der Waals surface area contributed by atoms with Crippen LogP contribution in [0, 0.1) is 20.8 Å². The van der Waals surface area contributed by atoms with Crippen LogP contribution in [0.1, 0.15) is 28.1 Å². The molecule has 0 aliphatic rings. The van der Waals surface area contributed by atoms with Crippen LogP contribution in [0.25, 0.3) is 5.65 Å². The van der Waals surface area contributed by atoms with Gasteiger partial charge in [0.25, 0.3) is 0 Å². The summed E-state index contributed by atoms with van der Waals surface area (Å²) in [5.74, 6) is 1.43. The van der Waals surface area contributed by atoms with E-state index in [2.05, 4.69) is 52.1 Å². The molecule has 0 fully saturated rings. The third-order valence-electron chi connectivity index (χ3n) is 5.16. The topological polar surface area (TPSA) is 89.2 Å². The van der Waals surface area contributed by atoms with Gasteiger partial charge in [0, 0.05) is 18.7 Å². The summed E-state index contributed by atoms with van der Waals surface area (Å²) >= 11 is 1.65. The van der Waals surface area contributed by atoms with E-state index in [1.807, 2.05) is 19.1 Å². The van der Waals surface area contributed by atoms with Gasteiger partial charge >= 0.3 is 0 Å². The number of sulfonamides is 1. The minimum atomic E-state index is -3.57. The van der Waals surface area contributed by atoms with Crippen LogP contribution >= 0.6 is 11.8 Å². The minimum absolute atomic E-state index is 0.207. The Morgan fingerprint density at radius 3 is 2.47 bits per heavy atom. The molecular weight excluding hydrogens is 442 g/mol. The molecule has 32 heavy (non-hydrogen) atoms. The monoisotopic (exact) mass is 467 g/mol. The highest BCUT2D eigenvalue weighted by Gasteiger charge is 2.15. The van der Waals surface area contributed by atoms with Crippen molar-refractivity contribution in [3.63, 3.8) is 0 Å². The molecule has 4 rings (SSSR count). The number of nitrogens with zero attached hydrogens (tertiary/aromatic N) is 4. The molecule has 9 heteroatoms. The van der Waals surface area contributed by atoms with E-state index in [4.69, 9.17) is 0 Å². The van der Waals surface area contributed by atoms with E-state index in [-0.39, 0.29) is 11.4 Å². The molecule has 2 heterocycles. The van der Waals surface area contributed by atoms with Gasteiger partial charge in [-0.3, -0.25) is 0 Å². The zero-order valence-corrected chi connectivity index (χ0v) is 19.9. The lowest BCUT2D eigenvalue weighted by Gasteiger charge is -2.08. The van der Waals surface area contributed by atoms with Crippen LogP contribution in [-0.2, 0) is 22.2 Å². The average Bonchev–Trinajstić information content (AvgIpc) is 3.17. The van der Waals surface area contributed by atoms with E-state index >= 15 is 0 Å². The normalized spacial score (nSPS) is 11.8. The van der Waals surface area contributed by atoms with Gasteiger partial charge in [-0.2, -0.15) is 9.61 Å². The molecule has 0 amide bonds. The molecule has 4 aromatic rings. The standard InChI is InChI=1S/C23H25N5O2S2/c1-16-5-8-20(9-6-16)32(29,30)24-13-12-22-26-25-21-10-11-23(27-28(21)22)31-15-19-14-17(2)4-7-18(19)3/h4-11,14,24H,12-13,15H2,1-3H3. The third-order valence-corrected chi connectivity index (χ3v) is 7.60. The van der Waals surface area contributed by atoms with Crippen LogP contribution in [0.3, 0.4) is 0 Å². The number of rotatable bonds is 8. The molecule has 0 saturated carbocycles. The highest BCUT2D eigenvalue weighted by molar-refractivity contribution is 7.98. The maximum atomic E-state index is 12.5. The van der Waals surface area contributed by atoms with Gasteiger partial charge in [0.15, 0.2) is 11.5 Å². The molecule has 0 radical (unpaired) electrons. The van der Waals surface area contributed by atoms with Gasteiger partial charge in [0.1, 0.15) is 5.03 Å². The minimum Gasteiger partial charge on any atom is -0.211 e. The Morgan fingerprint density at radius 1 is 0.938 bits per heavy atom. The van der Waals surface area contributed by atoms with Crippen LogP contribution in [0.5, 0.6) is 0 Å². The highest BCUT2D eigenvalue weighted by atomic mass is 32.2. The summed E-state index contributed by atoms with van der Waals surface area (Å²) in [4.78, 5) is 0.248. The number of hydrogen-bond donors (Lipinski definition) is 1. The summed E-state index contributed by atoms with van der Waals surface area (Å²) in [6.45, 7) is 6.33. The summed E-state index contributed by atoms with van der Waals surface area (Å²) in [6, 6.07) is 17.0. The second kappa shape index (κ2) is 9.40. The molecule has 0 saturated heterocycles. The van der Waals surface area contributed by atoms with Crippen molar-refractivity contribution in [3.8, 4) is 0 Å². The SMILES string of the molecule is Cc1ccc(S(=O)(=O)NCCc2nnc3ccc(SCc4cc(C)ccc4C)nn23)cc1. The highest BCUT2D eigenvalue weighted by Crippen LogP contribution is 2.23. The zero-order valence-electron chi connectivity index (χ0n) is 18.2. The molecule has 2 aromatic heterocycles. The first-order valence-electron chi connectivity index (χ1n) is 10.3. The summed E-state index contributed by atoms with van der Waals surface area (Å²) in [7, 11) is -3.57. The Morgan fingerprint density at radius 2 is 1.69 bits per heavy atom. The summed E-state index contributed by atoms with van der Waals surface area (Å²) in [5.41, 5.74) is 5.43. The molecule has 166 valence electrons. The Kier molecular flexibility index (Phi) is 6.59. The van der Waals surface area contributed by atoms with Crippen molar-refractivity contribution < 1.29 is 8.42 Å². The molecule has 0 atom stereocenters. The van der Waals surface area contributed by atoms with Crippen molar-refractivity contribution in [2.75, 3.05) is 6.54 Å². The number of benzene rings is 2. The summed E-state index contributed by atoms with van der Waals surface area (Å²) in [5, 5.41) is 13.9. The molecule has 0 spiro atoms. The van der Waals surface area contributed by atoms with E-state index in [1.54, 1.807) is 40.5 Å². The number of thioether (sulfide) groups is 1. The molecule has 0 aliphatic carbocycles. The molecule has 2 aromatic carbocycles. The number of hydrogen-bond acceptors (Lipinski definition) is 6. The smallest absolute Gasteiger partial charge is 0.211 e. The van der Waals surface area contributed by atoms with Crippen LogP contribution < -0.4 is 4.72 Å². The van der Waals surface area contributed by atoms with Gasteiger partial charge in [-0.25, -0.2) is 13.1 Å². The van der Waals surface area contributed by atoms with Gasteiger partial charge in [-0.05, 0) is 56.2 Å². The molecular formula is C23H25N5O2S2. The maximum Gasteiger partial charge on any atom is 0.240 e. The quantitative estimate of drug-likeness (QED) is 0.396. The van der Waals surface area contributed by atoms with Gasteiger partial charge in [0.05, 0.1) is 4.90 Å². The first kappa shape index (κ1) is 22.4. The lowest BCUT2D eigenvalue weighted by molar-refractivity contribution is 0.580. The van der Waals surface area contributed by atoms with Crippen molar-refractivity contribution >= 4 is 27.4 Å².